The first-order valence-electron chi connectivity index (χ1n) is 3.84. The second-order valence-corrected chi connectivity index (χ2v) is 3.00. The number of hydrogen-bond donors (Lipinski definition) is 0. The number of benzene rings is 1. The maximum atomic E-state index is 11.5. The van der Waals surface area contributed by atoms with E-state index in [9.17, 15) is 5.21 Å². The minimum absolute atomic E-state index is 0.443. The van der Waals surface area contributed by atoms with Crippen LogP contribution in [0.25, 0.3) is 0 Å². The molecule has 0 saturated carbocycles. The van der Waals surface area contributed by atoms with Crippen LogP contribution in [0.4, 0.5) is 5.69 Å². The Labute approximate surface area is 82.4 Å². The Balaban J connectivity index is 3.23. The lowest BCUT2D eigenvalue weighted by Gasteiger charge is -2.05. The SMILES string of the molecule is C=C/C(C)=[N+](/[O-])c1ccccc1Cl. The fourth-order valence-electron chi connectivity index (χ4n) is 0.889. The number of nitrogens with zero attached hydrogens (tertiary/aromatic N) is 1. The van der Waals surface area contributed by atoms with E-state index < -0.39 is 0 Å². The second-order valence-electron chi connectivity index (χ2n) is 2.59. The molecule has 68 valence electrons. The molecule has 2 nitrogen and oxygen atoms in total. The molecule has 0 spiro atoms. The molecule has 0 unspecified atom stereocenters. The van der Waals surface area contributed by atoms with Crippen LogP contribution in [0.2, 0.25) is 5.02 Å². The molecule has 3 heteroatoms. The fraction of sp³-hybridized carbons (Fsp3) is 0.100. The average Bonchev–Trinajstić information content (AvgIpc) is 2.16. The molecule has 0 fully saturated rings. The van der Waals surface area contributed by atoms with Crippen molar-refractivity contribution < 1.29 is 4.74 Å². The van der Waals surface area contributed by atoms with Crippen LogP contribution in [0.1, 0.15) is 6.92 Å². The van der Waals surface area contributed by atoms with Crippen molar-refractivity contribution in [2.45, 2.75) is 6.92 Å². The summed E-state index contributed by atoms with van der Waals surface area (Å²) in [6.07, 6.45) is 1.50. The molecule has 1 aromatic rings. The predicted molar refractivity (Wildman–Crippen MR) is 55.6 cm³/mol. The van der Waals surface area contributed by atoms with E-state index in [-0.39, 0.29) is 0 Å². The van der Waals surface area contributed by atoms with Gasteiger partial charge in [-0.1, -0.05) is 30.3 Å². The van der Waals surface area contributed by atoms with Crippen molar-refractivity contribution in [1.29, 1.82) is 0 Å². The summed E-state index contributed by atoms with van der Waals surface area (Å²) in [7, 11) is 0. The molecule has 0 amide bonds. The normalized spacial score (nSPS) is 12.2. The zero-order chi connectivity index (χ0) is 9.84. The first-order valence-corrected chi connectivity index (χ1v) is 4.22. The van der Waals surface area contributed by atoms with Crippen molar-refractivity contribution in [3.63, 3.8) is 0 Å². The summed E-state index contributed by atoms with van der Waals surface area (Å²) in [6, 6.07) is 6.89. The molecule has 0 radical (unpaired) electrons. The number of allylic oxidation sites excluding steroid dienone is 1. The van der Waals surface area contributed by atoms with Gasteiger partial charge in [-0.2, -0.15) is 4.74 Å². The molecule has 0 bridgehead atoms. The highest BCUT2D eigenvalue weighted by atomic mass is 35.5. The Morgan fingerprint density at radius 2 is 2.15 bits per heavy atom. The summed E-state index contributed by atoms with van der Waals surface area (Å²) in [4.78, 5) is 0. The highest BCUT2D eigenvalue weighted by Crippen LogP contribution is 2.23. The van der Waals surface area contributed by atoms with E-state index in [2.05, 4.69) is 6.58 Å². The lowest BCUT2D eigenvalue weighted by molar-refractivity contribution is -0.360. The fourth-order valence-corrected chi connectivity index (χ4v) is 1.10. The largest absolute Gasteiger partial charge is 0.618 e. The third-order valence-electron chi connectivity index (χ3n) is 1.69. The summed E-state index contributed by atoms with van der Waals surface area (Å²) in [5, 5.41) is 12.0. The number of hydrogen-bond acceptors (Lipinski definition) is 1. The molecule has 0 N–H and O–H groups in total. The molecule has 0 saturated heterocycles. The van der Waals surface area contributed by atoms with Gasteiger partial charge < -0.3 is 5.21 Å². The zero-order valence-electron chi connectivity index (χ0n) is 7.33. The quantitative estimate of drug-likeness (QED) is 0.308. The average molecular weight is 196 g/mol. The Kier molecular flexibility index (Phi) is 3.09. The Bertz CT molecular complexity index is 358. The molecule has 0 heterocycles. The standard InChI is InChI=1S/C10H10ClNO/c1-3-8(2)12(13)10-7-5-4-6-9(10)11/h3-7H,1H2,2H3/b12-8+. The topological polar surface area (TPSA) is 26.1 Å². The highest BCUT2D eigenvalue weighted by molar-refractivity contribution is 6.32. The van der Waals surface area contributed by atoms with E-state index >= 15 is 0 Å². The summed E-state index contributed by atoms with van der Waals surface area (Å²) >= 11 is 5.83. The summed E-state index contributed by atoms with van der Waals surface area (Å²) in [5.41, 5.74) is 0.967. The lowest BCUT2D eigenvalue weighted by Crippen LogP contribution is -2.04. The molecule has 13 heavy (non-hydrogen) atoms. The van der Waals surface area contributed by atoms with Crippen LogP contribution in [0.5, 0.6) is 0 Å². The van der Waals surface area contributed by atoms with Crippen molar-refractivity contribution in [1.82, 2.24) is 0 Å². The predicted octanol–water partition coefficient (Wildman–Crippen LogP) is 3.13. The summed E-state index contributed by atoms with van der Waals surface area (Å²) in [5.74, 6) is 0. The van der Waals surface area contributed by atoms with Gasteiger partial charge in [-0.3, -0.25) is 0 Å². The third kappa shape index (κ3) is 2.10. The molecule has 0 aromatic heterocycles. The van der Waals surface area contributed by atoms with Crippen molar-refractivity contribution >= 4 is 23.0 Å². The molecular weight excluding hydrogens is 186 g/mol. The van der Waals surface area contributed by atoms with Crippen LogP contribution in [0.15, 0.2) is 36.9 Å². The van der Waals surface area contributed by atoms with Crippen molar-refractivity contribution in [3.8, 4) is 0 Å². The lowest BCUT2D eigenvalue weighted by atomic mass is 10.3. The number of rotatable bonds is 2. The molecule has 0 aliphatic heterocycles. The van der Waals surface area contributed by atoms with Crippen LogP contribution in [-0.2, 0) is 0 Å². The molecule has 0 aliphatic rings. The first kappa shape index (κ1) is 9.81. The molecular formula is C10H10ClNO. The van der Waals surface area contributed by atoms with E-state index in [1.54, 1.807) is 31.2 Å². The van der Waals surface area contributed by atoms with Crippen LogP contribution >= 0.6 is 11.6 Å². The monoisotopic (exact) mass is 195 g/mol. The second kappa shape index (κ2) is 4.10. The molecule has 0 atom stereocenters. The summed E-state index contributed by atoms with van der Waals surface area (Å²) in [6.45, 7) is 5.20. The van der Waals surface area contributed by atoms with E-state index in [1.807, 2.05) is 0 Å². The van der Waals surface area contributed by atoms with Crippen molar-refractivity contribution in [3.05, 3.63) is 47.2 Å². The molecule has 1 rings (SSSR count). The molecule has 1 aromatic carbocycles. The van der Waals surface area contributed by atoms with E-state index in [1.165, 1.54) is 6.08 Å². The van der Waals surface area contributed by atoms with E-state index in [4.69, 9.17) is 11.6 Å². The highest BCUT2D eigenvalue weighted by Gasteiger charge is 2.08. The van der Waals surface area contributed by atoms with Gasteiger partial charge in [0.1, 0.15) is 5.02 Å². The van der Waals surface area contributed by atoms with Gasteiger partial charge in [0.25, 0.3) is 0 Å². The van der Waals surface area contributed by atoms with Gasteiger partial charge >= 0.3 is 0 Å². The van der Waals surface area contributed by atoms with Gasteiger partial charge in [0, 0.05) is 13.0 Å². The zero-order valence-corrected chi connectivity index (χ0v) is 8.08. The van der Waals surface area contributed by atoms with E-state index in [0.717, 1.165) is 4.74 Å². The molecule has 0 aliphatic carbocycles. The third-order valence-corrected chi connectivity index (χ3v) is 2.01. The smallest absolute Gasteiger partial charge is 0.235 e. The first-order chi connectivity index (χ1) is 6.16. The van der Waals surface area contributed by atoms with Gasteiger partial charge in [0.15, 0.2) is 5.71 Å². The minimum atomic E-state index is 0.443. The Morgan fingerprint density at radius 1 is 1.54 bits per heavy atom. The van der Waals surface area contributed by atoms with Crippen molar-refractivity contribution in [2.24, 2.45) is 0 Å². The summed E-state index contributed by atoms with van der Waals surface area (Å²) < 4.78 is 0.759. The van der Waals surface area contributed by atoms with Gasteiger partial charge in [0.05, 0.1) is 0 Å². The Morgan fingerprint density at radius 3 is 2.69 bits per heavy atom. The van der Waals surface area contributed by atoms with E-state index in [0.29, 0.717) is 16.4 Å². The van der Waals surface area contributed by atoms with Crippen LogP contribution < -0.4 is 0 Å². The van der Waals surface area contributed by atoms with Crippen molar-refractivity contribution in [2.75, 3.05) is 0 Å². The number of halogens is 1. The minimum Gasteiger partial charge on any atom is -0.618 e. The van der Waals surface area contributed by atoms with Crippen LogP contribution in [0, 0.1) is 5.21 Å². The van der Waals surface area contributed by atoms with Gasteiger partial charge in [-0.05, 0) is 12.1 Å². The maximum Gasteiger partial charge on any atom is 0.235 e. The van der Waals surface area contributed by atoms with Gasteiger partial charge in [-0.25, -0.2) is 0 Å². The van der Waals surface area contributed by atoms with Gasteiger partial charge in [-0.15, -0.1) is 0 Å². The Hall–Kier alpha value is -1.28. The maximum absolute atomic E-state index is 11.5. The number of para-hydroxylation sites is 1. The van der Waals surface area contributed by atoms with Crippen LogP contribution in [-0.4, -0.2) is 10.5 Å². The van der Waals surface area contributed by atoms with Gasteiger partial charge in [0.2, 0.25) is 5.69 Å². The van der Waals surface area contributed by atoms with Crippen LogP contribution in [0.3, 0.4) is 0 Å².